The maximum atomic E-state index is 12.7. The summed E-state index contributed by atoms with van der Waals surface area (Å²) >= 11 is 0. The molecular formula is C22H20N2O3S. The molecule has 0 unspecified atom stereocenters. The first-order chi connectivity index (χ1) is 13.4. The van der Waals surface area contributed by atoms with Gasteiger partial charge in [-0.3, -0.25) is 4.79 Å². The number of amides is 1. The van der Waals surface area contributed by atoms with Gasteiger partial charge in [-0.2, -0.15) is 0 Å². The molecule has 0 fully saturated rings. The van der Waals surface area contributed by atoms with Crippen LogP contribution in [0.2, 0.25) is 0 Å². The number of fused-ring (bicyclic) bond motifs is 3. The number of anilines is 1. The normalized spacial score (nSPS) is 12.5. The lowest BCUT2D eigenvalue weighted by molar-refractivity contribution is 0.102. The van der Waals surface area contributed by atoms with E-state index in [-0.39, 0.29) is 10.8 Å². The van der Waals surface area contributed by atoms with Gasteiger partial charge >= 0.3 is 0 Å². The highest BCUT2D eigenvalue weighted by Gasteiger charge is 2.20. The van der Waals surface area contributed by atoms with Gasteiger partial charge in [0.2, 0.25) is 10.0 Å². The number of nitrogens with one attached hydrogen (secondary N) is 1. The third-order valence-electron chi connectivity index (χ3n) is 4.93. The van der Waals surface area contributed by atoms with Gasteiger partial charge in [-0.25, -0.2) is 12.7 Å². The van der Waals surface area contributed by atoms with Crippen molar-refractivity contribution in [3.8, 4) is 11.1 Å². The SMILES string of the molecule is CN(C)S(=O)(=O)c1cccc(C(=O)Nc2ccc3c(c2)-c2ccccc2C3)c1. The molecule has 5 nitrogen and oxygen atoms in total. The molecule has 4 rings (SSSR count). The molecule has 0 bridgehead atoms. The fourth-order valence-corrected chi connectivity index (χ4v) is 4.36. The zero-order chi connectivity index (χ0) is 19.9. The second-order valence-corrected chi connectivity index (χ2v) is 9.13. The molecule has 1 aliphatic carbocycles. The zero-order valence-electron chi connectivity index (χ0n) is 15.6. The summed E-state index contributed by atoms with van der Waals surface area (Å²) in [6.07, 6.45) is 0.893. The smallest absolute Gasteiger partial charge is 0.255 e. The number of hydrogen-bond acceptors (Lipinski definition) is 3. The van der Waals surface area contributed by atoms with Gasteiger partial charge < -0.3 is 5.32 Å². The first kappa shape index (κ1) is 18.4. The van der Waals surface area contributed by atoms with Gasteiger partial charge in [0.05, 0.1) is 4.90 Å². The Morgan fingerprint density at radius 3 is 2.43 bits per heavy atom. The molecule has 0 saturated carbocycles. The molecule has 6 heteroatoms. The summed E-state index contributed by atoms with van der Waals surface area (Å²) in [5, 5.41) is 2.88. The molecule has 0 radical (unpaired) electrons. The highest BCUT2D eigenvalue weighted by molar-refractivity contribution is 7.89. The van der Waals surface area contributed by atoms with Crippen LogP contribution in [0.5, 0.6) is 0 Å². The Morgan fingerprint density at radius 1 is 0.893 bits per heavy atom. The van der Waals surface area contributed by atoms with E-state index in [4.69, 9.17) is 0 Å². The summed E-state index contributed by atoms with van der Waals surface area (Å²) in [6.45, 7) is 0. The lowest BCUT2D eigenvalue weighted by atomic mass is 10.1. The maximum absolute atomic E-state index is 12.7. The molecule has 0 saturated heterocycles. The summed E-state index contributed by atoms with van der Waals surface area (Å²) in [7, 11) is -0.668. The van der Waals surface area contributed by atoms with E-state index in [1.807, 2.05) is 30.3 Å². The topological polar surface area (TPSA) is 66.5 Å². The minimum absolute atomic E-state index is 0.0908. The van der Waals surface area contributed by atoms with Gasteiger partial charge in [-0.1, -0.05) is 36.4 Å². The molecule has 142 valence electrons. The van der Waals surface area contributed by atoms with E-state index >= 15 is 0 Å². The molecule has 0 spiro atoms. The second kappa shape index (κ2) is 6.89. The summed E-state index contributed by atoms with van der Waals surface area (Å²) in [5.41, 5.74) is 5.80. The quantitative estimate of drug-likeness (QED) is 0.575. The number of rotatable bonds is 4. The Morgan fingerprint density at radius 2 is 1.64 bits per heavy atom. The molecule has 0 aromatic heterocycles. The van der Waals surface area contributed by atoms with E-state index in [9.17, 15) is 13.2 Å². The molecule has 28 heavy (non-hydrogen) atoms. The number of benzene rings is 3. The van der Waals surface area contributed by atoms with Crippen LogP contribution in [0.1, 0.15) is 21.5 Å². The molecule has 3 aromatic rings. The van der Waals surface area contributed by atoms with Crippen LogP contribution in [0.25, 0.3) is 11.1 Å². The van der Waals surface area contributed by atoms with E-state index < -0.39 is 10.0 Å². The van der Waals surface area contributed by atoms with Gasteiger partial charge in [-0.15, -0.1) is 0 Å². The van der Waals surface area contributed by atoms with Gasteiger partial charge in [0.25, 0.3) is 5.91 Å². The van der Waals surface area contributed by atoms with Gasteiger partial charge in [0, 0.05) is 25.3 Å². The zero-order valence-corrected chi connectivity index (χ0v) is 16.5. The van der Waals surface area contributed by atoms with Crippen molar-refractivity contribution in [3.05, 3.63) is 83.4 Å². The van der Waals surface area contributed by atoms with Crippen molar-refractivity contribution in [2.75, 3.05) is 19.4 Å². The van der Waals surface area contributed by atoms with Crippen molar-refractivity contribution in [3.63, 3.8) is 0 Å². The summed E-state index contributed by atoms with van der Waals surface area (Å²) < 4.78 is 25.7. The highest BCUT2D eigenvalue weighted by atomic mass is 32.2. The number of carbonyl (C=O) groups excluding carboxylic acids is 1. The minimum Gasteiger partial charge on any atom is -0.322 e. The number of hydrogen-bond donors (Lipinski definition) is 1. The van der Waals surface area contributed by atoms with Crippen LogP contribution < -0.4 is 5.32 Å². The number of sulfonamides is 1. The largest absolute Gasteiger partial charge is 0.322 e. The van der Waals surface area contributed by atoms with E-state index in [1.54, 1.807) is 12.1 Å². The molecule has 0 aliphatic heterocycles. The highest BCUT2D eigenvalue weighted by Crippen LogP contribution is 2.37. The van der Waals surface area contributed by atoms with E-state index in [1.165, 1.54) is 42.9 Å². The Kier molecular flexibility index (Phi) is 4.53. The van der Waals surface area contributed by atoms with Crippen LogP contribution in [-0.2, 0) is 16.4 Å². The lowest BCUT2D eigenvalue weighted by Crippen LogP contribution is -2.22. The van der Waals surface area contributed by atoms with Crippen molar-refractivity contribution >= 4 is 21.6 Å². The molecule has 0 heterocycles. The Balaban J connectivity index is 1.61. The number of nitrogens with zero attached hydrogens (tertiary/aromatic N) is 1. The predicted octanol–water partition coefficient (Wildman–Crippen LogP) is 3.76. The molecule has 3 aromatic carbocycles. The maximum Gasteiger partial charge on any atom is 0.255 e. The van der Waals surface area contributed by atoms with Crippen LogP contribution in [-0.4, -0.2) is 32.7 Å². The fraction of sp³-hybridized carbons (Fsp3) is 0.136. The van der Waals surface area contributed by atoms with Crippen molar-refractivity contribution in [1.29, 1.82) is 0 Å². The van der Waals surface area contributed by atoms with E-state index in [2.05, 4.69) is 17.4 Å². The van der Waals surface area contributed by atoms with E-state index in [0.29, 0.717) is 11.3 Å². The average Bonchev–Trinajstić information content (AvgIpc) is 3.06. The fourth-order valence-electron chi connectivity index (χ4n) is 3.41. The van der Waals surface area contributed by atoms with Gasteiger partial charge in [-0.05, 0) is 59.0 Å². The van der Waals surface area contributed by atoms with Crippen molar-refractivity contribution in [2.45, 2.75) is 11.3 Å². The first-order valence-corrected chi connectivity index (χ1v) is 10.4. The molecule has 1 amide bonds. The van der Waals surface area contributed by atoms with Crippen LogP contribution in [0.3, 0.4) is 0 Å². The van der Waals surface area contributed by atoms with Crippen molar-refractivity contribution < 1.29 is 13.2 Å². The Bertz CT molecular complexity index is 1180. The average molecular weight is 392 g/mol. The van der Waals surface area contributed by atoms with Crippen molar-refractivity contribution in [2.24, 2.45) is 0 Å². The molecule has 0 atom stereocenters. The molecular weight excluding hydrogens is 372 g/mol. The standard InChI is InChI=1S/C22H20N2O3S/c1-24(2)28(26,27)19-8-5-7-17(13-19)22(25)23-18-11-10-16-12-15-6-3-4-9-20(15)21(16)14-18/h3-11,13-14H,12H2,1-2H3,(H,23,25). The second-order valence-electron chi connectivity index (χ2n) is 6.98. The molecule has 1 N–H and O–H groups in total. The van der Waals surface area contributed by atoms with Gasteiger partial charge in [0.1, 0.15) is 0 Å². The van der Waals surface area contributed by atoms with Crippen LogP contribution in [0.4, 0.5) is 5.69 Å². The Hall–Kier alpha value is -2.96. The summed E-state index contributed by atoms with van der Waals surface area (Å²) in [5.74, 6) is -0.345. The Labute approximate surface area is 164 Å². The van der Waals surface area contributed by atoms with Gasteiger partial charge in [0.15, 0.2) is 0 Å². The molecule has 1 aliphatic rings. The minimum atomic E-state index is -3.59. The van der Waals surface area contributed by atoms with E-state index in [0.717, 1.165) is 16.3 Å². The van der Waals surface area contributed by atoms with Crippen LogP contribution in [0, 0.1) is 0 Å². The predicted molar refractivity (Wildman–Crippen MR) is 110 cm³/mol. The monoisotopic (exact) mass is 392 g/mol. The first-order valence-electron chi connectivity index (χ1n) is 8.91. The summed E-state index contributed by atoms with van der Waals surface area (Å²) in [6, 6.07) is 20.2. The third-order valence-corrected chi connectivity index (χ3v) is 6.74. The lowest BCUT2D eigenvalue weighted by Gasteiger charge is -2.12. The third kappa shape index (κ3) is 3.21. The van der Waals surface area contributed by atoms with Crippen LogP contribution >= 0.6 is 0 Å². The van der Waals surface area contributed by atoms with Crippen molar-refractivity contribution in [1.82, 2.24) is 4.31 Å². The summed E-state index contributed by atoms with van der Waals surface area (Å²) in [4.78, 5) is 12.8. The number of carbonyl (C=O) groups is 1. The van der Waals surface area contributed by atoms with Crippen LogP contribution in [0.15, 0.2) is 71.6 Å².